The molecule has 0 amide bonds. The molecule has 3 rings (SSSR count). The second-order valence-electron chi connectivity index (χ2n) is 6.76. The van der Waals surface area contributed by atoms with Crippen molar-refractivity contribution in [3.63, 3.8) is 0 Å². The summed E-state index contributed by atoms with van der Waals surface area (Å²) in [5.41, 5.74) is 0.844. The Labute approximate surface area is 171 Å². The maximum absolute atomic E-state index is 11.3. The van der Waals surface area contributed by atoms with E-state index in [9.17, 15) is 35.4 Å². The topological polar surface area (TPSA) is 157 Å². The number of hydrogen-bond donors (Lipinski definition) is 6. The first-order valence-electron chi connectivity index (χ1n) is 9.12. The van der Waals surface area contributed by atoms with E-state index in [4.69, 9.17) is 9.47 Å². The molecular weight excluding hydrogens is 396 g/mol. The zero-order valence-corrected chi connectivity index (χ0v) is 15.7. The van der Waals surface area contributed by atoms with Gasteiger partial charge in [-0.25, -0.2) is 4.79 Å². The van der Waals surface area contributed by atoms with E-state index in [1.165, 1.54) is 6.07 Å². The normalized spacial score (nSPS) is 26.6. The van der Waals surface area contributed by atoms with Gasteiger partial charge in [0.05, 0.1) is 6.61 Å². The highest BCUT2D eigenvalue weighted by atomic mass is 16.7. The number of aromatic carboxylic acids is 1. The zero-order chi connectivity index (χ0) is 21.8. The van der Waals surface area contributed by atoms with Crippen LogP contribution < -0.4 is 4.74 Å². The molecule has 1 aliphatic rings. The molecule has 9 heteroatoms. The molecule has 0 spiro atoms. The Hall–Kier alpha value is -2.95. The largest absolute Gasteiger partial charge is 0.507 e. The number of benzene rings is 2. The molecule has 6 N–H and O–H groups in total. The fourth-order valence-electron chi connectivity index (χ4n) is 3.07. The van der Waals surface area contributed by atoms with E-state index in [2.05, 4.69) is 0 Å². The second kappa shape index (κ2) is 9.24. The first-order valence-corrected chi connectivity index (χ1v) is 9.12. The van der Waals surface area contributed by atoms with Crippen LogP contribution in [0.15, 0.2) is 42.5 Å². The van der Waals surface area contributed by atoms with E-state index in [1.54, 1.807) is 48.6 Å². The summed E-state index contributed by atoms with van der Waals surface area (Å²) in [5, 5.41) is 57.8. The second-order valence-corrected chi connectivity index (χ2v) is 6.76. The molecule has 160 valence electrons. The molecule has 2 aromatic carbocycles. The third-order valence-electron chi connectivity index (χ3n) is 4.72. The molecule has 5 unspecified atom stereocenters. The molecule has 0 aromatic heterocycles. The SMILES string of the molecule is O=C(O)c1c(O)cccc1/C=C/c1ccc(OC2OC(CO)C(O)C(O)C2O)cc1. The van der Waals surface area contributed by atoms with Crippen LogP contribution in [-0.4, -0.2) is 73.9 Å². The van der Waals surface area contributed by atoms with Gasteiger partial charge < -0.3 is 40.1 Å². The molecule has 30 heavy (non-hydrogen) atoms. The standard InChI is InChI=1S/C21H22O9/c22-10-15-17(24)18(25)19(26)21(30-15)29-13-8-5-11(6-9-13)4-7-12-2-1-3-14(23)16(12)20(27)28/h1-9,15,17-19,21-26H,10H2,(H,27,28)/b7-4+. The van der Waals surface area contributed by atoms with Crippen molar-refractivity contribution in [1.29, 1.82) is 0 Å². The quantitative estimate of drug-likeness (QED) is 0.366. The number of ether oxygens (including phenoxy) is 2. The van der Waals surface area contributed by atoms with Crippen LogP contribution in [0.25, 0.3) is 12.2 Å². The van der Waals surface area contributed by atoms with Crippen LogP contribution in [-0.2, 0) is 4.74 Å². The number of carboxylic acid groups (broad SMARTS) is 1. The van der Waals surface area contributed by atoms with Crippen molar-refractivity contribution in [2.75, 3.05) is 6.61 Å². The lowest BCUT2D eigenvalue weighted by Gasteiger charge is -2.39. The number of hydrogen-bond acceptors (Lipinski definition) is 8. The van der Waals surface area contributed by atoms with E-state index >= 15 is 0 Å². The summed E-state index contributed by atoms with van der Waals surface area (Å²) in [6, 6.07) is 10.9. The van der Waals surface area contributed by atoms with Crippen LogP contribution in [0, 0.1) is 0 Å². The van der Waals surface area contributed by atoms with E-state index in [0.29, 0.717) is 16.9 Å². The molecule has 0 radical (unpaired) electrons. The van der Waals surface area contributed by atoms with Gasteiger partial charge in [0.25, 0.3) is 0 Å². The predicted molar refractivity (Wildman–Crippen MR) is 105 cm³/mol. The highest BCUT2D eigenvalue weighted by Crippen LogP contribution is 2.26. The Kier molecular flexibility index (Phi) is 6.70. The number of phenols is 1. The highest BCUT2D eigenvalue weighted by molar-refractivity contribution is 5.96. The first kappa shape index (κ1) is 21.8. The maximum atomic E-state index is 11.3. The summed E-state index contributed by atoms with van der Waals surface area (Å²) < 4.78 is 10.8. The van der Waals surface area contributed by atoms with Crippen molar-refractivity contribution in [2.24, 2.45) is 0 Å². The molecule has 1 saturated heterocycles. The van der Waals surface area contributed by atoms with Crippen molar-refractivity contribution in [3.8, 4) is 11.5 Å². The van der Waals surface area contributed by atoms with Crippen molar-refractivity contribution < 1.29 is 44.9 Å². The number of aromatic hydroxyl groups is 1. The van der Waals surface area contributed by atoms with Crippen molar-refractivity contribution in [1.82, 2.24) is 0 Å². The van der Waals surface area contributed by atoms with E-state index in [1.807, 2.05) is 0 Å². The van der Waals surface area contributed by atoms with Crippen LogP contribution in [0.5, 0.6) is 11.5 Å². The summed E-state index contributed by atoms with van der Waals surface area (Å²) >= 11 is 0. The molecule has 0 aliphatic carbocycles. The summed E-state index contributed by atoms with van der Waals surface area (Å²) in [6.45, 7) is -0.554. The molecule has 2 aromatic rings. The molecule has 0 saturated carbocycles. The number of carboxylic acids is 1. The van der Waals surface area contributed by atoms with Gasteiger partial charge in [0.1, 0.15) is 41.5 Å². The summed E-state index contributed by atoms with van der Waals surface area (Å²) in [4.78, 5) is 11.3. The van der Waals surface area contributed by atoms with Gasteiger partial charge in [0, 0.05) is 0 Å². The Bertz CT molecular complexity index is 907. The Morgan fingerprint density at radius 1 is 1.00 bits per heavy atom. The van der Waals surface area contributed by atoms with Gasteiger partial charge in [-0.15, -0.1) is 0 Å². The molecule has 1 fully saturated rings. The molecule has 1 heterocycles. The minimum atomic E-state index is -1.53. The van der Waals surface area contributed by atoms with Crippen molar-refractivity contribution in [2.45, 2.75) is 30.7 Å². The Balaban J connectivity index is 1.71. The van der Waals surface area contributed by atoms with Gasteiger partial charge in [-0.3, -0.25) is 0 Å². The third kappa shape index (κ3) is 4.61. The Morgan fingerprint density at radius 3 is 2.33 bits per heavy atom. The predicted octanol–water partition coefficient (Wildman–Crippen LogP) is 0.439. The van der Waals surface area contributed by atoms with Crippen LogP contribution in [0.1, 0.15) is 21.5 Å². The van der Waals surface area contributed by atoms with Gasteiger partial charge in [-0.1, -0.05) is 36.4 Å². The smallest absolute Gasteiger partial charge is 0.340 e. The third-order valence-corrected chi connectivity index (χ3v) is 4.72. The lowest BCUT2D eigenvalue weighted by Crippen LogP contribution is -2.60. The number of aliphatic hydroxyl groups is 4. The summed E-state index contributed by atoms with van der Waals surface area (Å²) in [5.74, 6) is -1.26. The monoisotopic (exact) mass is 418 g/mol. The average Bonchev–Trinajstić information content (AvgIpc) is 2.73. The van der Waals surface area contributed by atoms with E-state index in [0.717, 1.165) is 0 Å². The van der Waals surface area contributed by atoms with Crippen LogP contribution in [0.3, 0.4) is 0 Å². The summed E-state index contributed by atoms with van der Waals surface area (Å²) in [6.07, 6.45) is -3.66. The fraction of sp³-hybridized carbons (Fsp3) is 0.286. The van der Waals surface area contributed by atoms with Gasteiger partial charge in [-0.2, -0.15) is 0 Å². The molecule has 1 aliphatic heterocycles. The zero-order valence-electron chi connectivity index (χ0n) is 15.7. The molecule has 0 bridgehead atoms. The average molecular weight is 418 g/mol. The van der Waals surface area contributed by atoms with Crippen LogP contribution in [0.4, 0.5) is 0 Å². The van der Waals surface area contributed by atoms with Gasteiger partial charge >= 0.3 is 5.97 Å². The Morgan fingerprint density at radius 2 is 1.70 bits per heavy atom. The van der Waals surface area contributed by atoms with Crippen LogP contribution in [0.2, 0.25) is 0 Å². The minimum absolute atomic E-state index is 0.198. The lowest BCUT2D eigenvalue weighted by molar-refractivity contribution is -0.277. The first-order chi connectivity index (χ1) is 14.3. The van der Waals surface area contributed by atoms with E-state index in [-0.39, 0.29) is 11.3 Å². The number of aliphatic hydroxyl groups excluding tert-OH is 4. The van der Waals surface area contributed by atoms with Gasteiger partial charge in [-0.05, 0) is 29.3 Å². The maximum Gasteiger partial charge on any atom is 0.340 e. The molecular formula is C21H22O9. The molecule has 5 atom stereocenters. The highest BCUT2D eigenvalue weighted by Gasteiger charge is 2.44. The fourth-order valence-corrected chi connectivity index (χ4v) is 3.07. The molecule has 9 nitrogen and oxygen atoms in total. The summed E-state index contributed by atoms with van der Waals surface area (Å²) in [7, 11) is 0. The van der Waals surface area contributed by atoms with Crippen molar-refractivity contribution in [3.05, 3.63) is 59.2 Å². The van der Waals surface area contributed by atoms with Gasteiger partial charge in [0.2, 0.25) is 6.29 Å². The number of rotatable bonds is 6. The van der Waals surface area contributed by atoms with Crippen LogP contribution >= 0.6 is 0 Å². The number of carbonyl (C=O) groups is 1. The minimum Gasteiger partial charge on any atom is -0.507 e. The van der Waals surface area contributed by atoms with E-state index < -0.39 is 43.3 Å². The van der Waals surface area contributed by atoms with Gasteiger partial charge in [0.15, 0.2) is 0 Å². The lowest BCUT2D eigenvalue weighted by atomic mass is 9.99. The van der Waals surface area contributed by atoms with Crippen molar-refractivity contribution >= 4 is 18.1 Å².